The Labute approximate surface area is 192 Å². The first kappa shape index (κ1) is 21.0. The van der Waals surface area contributed by atoms with Gasteiger partial charge in [0.25, 0.3) is 5.56 Å². The molecule has 0 spiro atoms. The third kappa shape index (κ3) is 3.36. The summed E-state index contributed by atoms with van der Waals surface area (Å²) in [4.78, 5) is 36.8. The number of aryl methyl sites for hydroxylation is 2. The second-order valence-corrected chi connectivity index (χ2v) is 7.78. The molecule has 0 aliphatic carbocycles. The van der Waals surface area contributed by atoms with Gasteiger partial charge in [-0.2, -0.15) is 10.2 Å². The topological polar surface area (TPSA) is 124 Å². The van der Waals surface area contributed by atoms with E-state index in [4.69, 9.17) is 4.74 Å². The fraction of sp³-hybridized carbons (Fsp3) is 0.125. The first-order valence-electron chi connectivity index (χ1n) is 10.3. The molecule has 10 heteroatoms. The van der Waals surface area contributed by atoms with E-state index in [-0.39, 0.29) is 17.2 Å². The van der Waals surface area contributed by atoms with Crippen LogP contribution >= 0.6 is 0 Å². The molecule has 0 saturated heterocycles. The van der Waals surface area contributed by atoms with Gasteiger partial charge in [-0.05, 0) is 35.9 Å². The molecule has 0 amide bonds. The number of aromatic nitrogens is 6. The molecule has 2 aromatic carbocycles. The van der Waals surface area contributed by atoms with Crippen molar-refractivity contribution in [2.45, 2.75) is 0 Å². The predicted molar refractivity (Wildman–Crippen MR) is 127 cm³/mol. The van der Waals surface area contributed by atoms with Gasteiger partial charge in [-0.3, -0.25) is 18.5 Å². The second-order valence-electron chi connectivity index (χ2n) is 7.78. The fourth-order valence-electron chi connectivity index (χ4n) is 3.76. The van der Waals surface area contributed by atoms with Gasteiger partial charge in [0.2, 0.25) is 0 Å². The standard InChI is InChI=1S/C24H19N7O3/c1-29-19-21(30(2)24(33)31(3)22(19)32)28-23(29)34-16-8-6-7-14(12-16)11-15(13-25)20-26-17-9-4-5-10-18(17)27-20/h4-12H,1-3H3,(H,26,27)/b15-11+. The molecule has 0 bridgehead atoms. The van der Waals surface area contributed by atoms with E-state index in [1.165, 1.54) is 16.2 Å². The van der Waals surface area contributed by atoms with E-state index in [9.17, 15) is 14.9 Å². The summed E-state index contributed by atoms with van der Waals surface area (Å²) in [6.07, 6.45) is 1.71. The van der Waals surface area contributed by atoms with Gasteiger partial charge in [0.1, 0.15) is 17.6 Å². The number of imidazole rings is 2. The molecule has 168 valence electrons. The maximum atomic E-state index is 12.6. The molecule has 0 saturated carbocycles. The smallest absolute Gasteiger partial charge is 0.332 e. The number of hydrogen-bond acceptors (Lipinski definition) is 6. The number of aromatic amines is 1. The number of H-pyrrole nitrogens is 1. The highest BCUT2D eigenvalue weighted by Gasteiger charge is 2.18. The summed E-state index contributed by atoms with van der Waals surface area (Å²) < 4.78 is 9.78. The van der Waals surface area contributed by atoms with Crippen molar-refractivity contribution in [1.29, 1.82) is 5.26 Å². The molecular formula is C24H19N7O3. The van der Waals surface area contributed by atoms with Crippen molar-refractivity contribution in [2.24, 2.45) is 21.1 Å². The van der Waals surface area contributed by atoms with Crippen LogP contribution in [0.5, 0.6) is 11.8 Å². The van der Waals surface area contributed by atoms with Crippen LogP contribution in [-0.4, -0.2) is 28.7 Å². The highest BCUT2D eigenvalue weighted by Crippen LogP contribution is 2.25. The summed E-state index contributed by atoms with van der Waals surface area (Å²) in [7, 11) is 4.62. The van der Waals surface area contributed by atoms with Crippen LogP contribution < -0.4 is 16.0 Å². The molecule has 5 rings (SSSR count). The summed E-state index contributed by atoms with van der Waals surface area (Å²) in [6, 6.07) is 17.0. The zero-order valence-corrected chi connectivity index (χ0v) is 18.6. The van der Waals surface area contributed by atoms with Gasteiger partial charge in [0, 0.05) is 21.1 Å². The van der Waals surface area contributed by atoms with E-state index in [1.807, 2.05) is 30.3 Å². The van der Waals surface area contributed by atoms with Gasteiger partial charge in [0.05, 0.1) is 16.6 Å². The molecule has 10 nitrogen and oxygen atoms in total. The van der Waals surface area contributed by atoms with Crippen molar-refractivity contribution in [3.05, 3.63) is 80.8 Å². The number of allylic oxidation sites excluding steroid dienone is 1. The van der Waals surface area contributed by atoms with Gasteiger partial charge in [-0.15, -0.1) is 0 Å². The number of rotatable bonds is 4. The van der Waals surface area contributed by atoms with Crippen LogP contribution in [0, 0.1) is 11.3 Å². The molecule has 34 heavy (non-hydrogen) atoms. The number of benzene rings is 2. The van der Waals surface area contributed by atoms with Crippen LogP contribution in [-0.2, 0) is 21.1 Å². The van der Waals surface area contributed by atoms with Crippen LogP contribution in [0.25, 0.3) is 33.8 Å². The van der Waals surface area contributed by atoms with Gasteiger partial charge in [-0.25, -0.2) is 9.78 Å². The normalized spacial score (nSPS) is 11.8. The zero-order chi connectivity index (χ0) is 24.0. The Morgan fingerprint density at radius 3 is 2.59 bits per heavy atom. The molecule has 0 unspecified atom stereocenters. The molecule has 3 heterocycles. The summed E-state index contributed by atoms with van der Waals surface area (Å²) in [5.74, 6) is 0.929. The summed E-state index contributed by atoms with van der Waals surface area (Å²) in [6.45, 7) is 0. The van der Waals surface area contributed by atoms with Crippen molar-refractivity contribution in [3.63, 3.8) is 0 Å². The lowest BCUT2D eigenvalue weighted by molar-refractivity contribution is 0.427. The lowest BCUT2D eigenvalue weighted by atomic mass is 10.1. The number of para-hydroxylation sites is 2. The van der Waals surface area contributed by atoms with E-state index >= 15 is 0 Å². The first-order chi connectivity index (χ1) is 16.4. The quantitative estimate of drug-likeness (QED) is 0.417. The Morgan fingerprint density at radius 2 is 1.82 bits per heavy atom. The number of nitriles is 1. The maximum absolute atomic E-state index is 12.6. The Hall–Kier alpha value is -4.91. The molecule has 0 aliphatic heterocycles. The van der Waals surface area contributed by atoms with Crippen molar-refractivity contribution in [1.82, 2.24) is 28.7 Å². The van der Waals surface area contributed by atoms with Gasteiger partial charge >= 0.3 is 11.7 Å². The lowest BCUT2D eigenvalue weighted by Gasteiger charge is -2.06. The lowest BCUT2D eigenvalue weighted by Crippen LogP contribution is -2.37. The largest absolute Gasteiger partial charge is 0.425 e. The van der Waals surface area contributed by atoms with Crippen LogP contribution in [0.2, 0.25) is 0 Å². The van der Waals surface area contributed by atoms with Crippen molar-refractivity contribution < 1.29 is 4.74 Å². The van der Waals surface area contributed by atoms with E-state index in [1.54, 1.807) is 38.4 Å². The number of ether oxygens (including phenoxy) is 1. The molecule has 1 N–H and O–H groups in total. The van der Waals surface area contributed by atoms with Gasteiger partial charge in [0.15, 0.2) is 11.2 Å². The number of nitrogens with one attached hydrogen (secondary N) is 1. The average molecular weight is 453 g/mol. The van der Waals surface area contributed by atoms with Gasteiger partial charge < -0.3 is 9.72 Å². The summed E-state index contributed by atoms with van der Waals surface area (Å²) in [5, 5.41) is 9.70. The Bertz CT molecular complexity index is 1740. The fourth-order valence-corrected chi connectivity index (χ4v) is 3.76. The minimum atomic E-state index is -0.469. The first-order valence-corrected chi connectivity index (χ1v) is 10.3. The monoisotopic (exact) mass is 453 g/mol. The van der Waals surface area contributed by atoms with Crippen molar-refractivity contribution >= 4 is 33.8 Å². The van der Waals surface area contributed by atoms with Gasteiger partial charge in [-0.1, -0.05) is 24.3 Å². The minimum Gasteiger partial charge on any atom is -0.425 e. The SMILES string of the molecule is Cn1c(=O)c2c(nc(Oc3cccc(/C=C(\C#N)c4nc5ccccc5[nH]4)c3)n2C)n(C)c1=O. The Morgan fingerprint density at radius 1 is 1.03 bits per heavy atom. The highest BCUT2D eigenvalue weighted by molar-refractivity contribution is 5.90. The number of hydrogen-bond donors (Lipinski definition) is 1. The predicted octanol–water partition coefficient (Wildman–Crippen LogP) is 2.70. The van der Waals surface area contributed by atoms with Crippen molar-refractivity contribution in [3.8, 4) is 17.8 Å². The number of fused-ring (bicyclic) bond motifs is 2. The Balaban J connectivity index is 1.52. The van der Waals surface area contributed by atoms with Crippen LogP contribution in [0.15, 0.2) is 58.1 Å². The van der Waals surface area contributed by atoms with E-state index in [0.29, 0.717) is 17.1 Å². The van der Waals surface area contributed by atoms with Crippen LogP contribution in [0.1, 0.15) is 11.4 Å². The minimum absolute atomic E-state index is 0.159. The molecule has 0 aliphatic rings. The van der Waals surface area contributed by atoms with Crippen LogP contribution in [0.3, 0.4) is 0 Å². The van der Waals surface area contributed by atoms with E-state index in [0.717, 1.165) is 21.2 Å². The Kier molecular flexibility index (Phi) is 4.87. The maximum Gasteiger partial charge on any atom is 0.332 e. The van der Waals surface area contributed by atoms with E-state index in [2.05, 4.69) is 21.0 Å². The number of nitrogens with zero attached hydrogens (tertiary/aromatic N) is 6. The molecule has 5 aromatic rings. The third-order valence-electron chi connectivity index (χ3n) is 5.58. The molecule has 0 fully saturated rings. The second kappa shape index (κ2) is 7.90. The molecule has 3 aromatic heterocycles. The van der Waals surface area contributed by atoms with Crippen LogP contribution in [0.4, 0.5) is 0 Å². The summed E-state index contributed by atoms with van der Waals surface area (Å²) >= 11 is 0. The van der Waals surface area contributed by atoms with E-state index < -0.39 is 11.2 Å². The third-order valence-corrected chi connectivity index (χ3v) is 5.58. The average Bonchev–Trinajstić information content (AvgIpc) is 3.41. The highest BCUT2D eigenvalue weighted by atomic mass is 16.5. The van der Waals surface area contributed by atoms with Crippen molar-refractivity contribution in [2.75, 3.05) is 0 Å². The molecular weight excluding hydrogens is 434 g/mol. The summed E-state index contributed by atoms with van der Waals surface area (Å²) in [5.41, 5.74) is 2.28. The molecule has 0 radical (unpaired) electrons. The zero-order valence-electron chi connectivity index (χ0n) is 18.6. The molecule has 0 atom stereocenters.